The number of rotatable bonds is 7. The van der Waals surface area contributed by atoms with Crippen LogP contribution < -0.4 is 13.9 Å². The SMILES string of the molecule is COc1cc(F)ccc1N1CCN(CC2CCc3ccccc3N2S(=O)(=O)Cc2ccccc2)CC1. The van der Waals surface area contributed by atoms with Gasteiger partial charge in [-0.05, 0) is 42.2 Å². The maximum atomic E-state index is 13.8. The van der Waals surface area contributed by atoms with Crippen molar-refractivity contribution in [1.82, 2.24) is 4.90 Å². The van der Waals surface area contributed by atoms with Crippen LogP contribution in [0.1, 0.15) is 17.5 Å². The minimum Gasteiger partial charge on any atom is -0.494 e. The second-order valence-corrected chi connectivity index (χ2v) is 11.3. The summed E-state index contributed by atoms with van der Waals surface area (Å²) in [7, 11) is -2.02. The number of piperazine rings is 1. The van der Waals surface area contributed by atoms with Crippen LogP contribution in [0.2, 0.25) is 0 Å². The van der Waals surface area contributed by atoms with E-state index in [9.17, 15) is 12.8 Å². The zero-order valence-corrected chi connectivity index (χ0v) is 21.3. The van der Waals surface area contributed by atoms with Gasteiger partial charge in [-0.25, -0.2) is 12.8 Å². The number of aryl methyl sites for hydroxylation is 1. The number of para-hydroxylation sites is 1. The molecular formula is C28H32FN3O3S. The Kier molecular flexibility index (Phi) is 7.16. The topological polar surface area (TPSA) is 53.1 Å². The minimum absolute atomic E-state index is 0.0171. The van der Waals surface area contributed by atoms with Crippen LogP contribution in [0, 0.1) is 5.82 Å². The Bertz CT molecular complexity index is 1290. The molecule has 190 valence electrons. The highest BCUT2D eigenvalue weighted by molar-refractivity contribution is 7.92. The summed E-state index contributed by atoms with van der Waals surface area (Å²) < 4.78 is 48.2. The van der Waals surface area contributed by atoms with Gasteiger partial charge in [0.05, 0.1) is 30.3 Å². The molecule has 1 unspecified atom stereocenters. The minimum atomic E-state index is -3.57. The van der Waals surface area contributed by atoms with Crippen molar-refractivity contribution in [3.8, 4) is 5.75 Å². The average molecular weight is 510 g/mol. The molecule has 2 aliphatic heterocycles. The molecule has 6 nitrogen and oxygen atoms in total. The predicted molar refractivity (Wildman–Crippen MR) is 142 cm³/mol. The molecule has 0 saturated carbocycles. The number of sulfonamides is 1. The van der Waals surface area contributed by atoms with Gasteiger partial charge < -0.3 is 9.64 Å². The molecule has 0 radical (unpaired) electrons. The lowest BCUT2D eigenvalue weighted by molar-refractivity contribution is 0.237. The monoisotopic (exact) mass is 509 g/mol. The van der Waals surface area contributed by atoms with E-state index in [-0.39, 0.29) is 17.6 Å². The normalized spacial score (nSPS) is 18.7. The summed E-state index contributed by atoms with van der Waals surface area (Å²) >= 11 is 0. The fourth-order valence-electron chi connectivity index (χ4n) is 5.35. The first-order valence-electron chi connectivity index (χ1n) is 12.4. The summed E-state index contributed by atoms with van der Waals surface area (Å²) in [5.74, 6) is 0.200. The van der Waals surface area contributed by atoms with Crippen molar-refractivity contribution in [2.24, 2.45) is 0 Å². The van der Waals surface area contributed by atoms with Crippen LogP contribution in [-0.4, -0.2) is 59.2 Å². The Morgan fingerprint density at radius 3 is 2.39 bits per heavy atom. The smallest absolute Gasteiger partial charge is 0.239 e. The quantitative estimate of drug-likeness (QED) is 0.475. The van der Waals surface area contributed by atoms with E-state index in [1.54, 1.807) is 17.5 Å². The van der Waals surface area contributed by atoms with Crippen molar-refractivity contribution < 1.29 is 17.5 Å². The standard InChI is InChI=1S/C28H32FN3O3S/c1-35-28-19-24(29)12-14-27(28)31-17-15-30(16-18-31)20-25-13-11-23-9-5-6-10-26(23)32(25)36(33,34)21-22-7-3-2-4-8-22/h2-10,12,14,19,25H,11,13,15-18,20-21H2,1H3. The van der Waals surface area contributed by atoms with Crippen molar-refractivity contribution in [2.75, 3.05) is 49.0 Å². The van der Waals surface area contributed by atoms with Gasteiger partial charge in [0.2, 0.25) is 10.0 Å². The number of nitrogens with zero attached hydrogens (tertiary/aromatic N) is 3. The van der Waals surface area contributed by atoms with Gasteiger partial charge in [-0.15, -0.1) is 0 Å². The molecule has 0 spiro atoms. The molecule has 8 heteroatoms. The fourth-order valence-corrected chi connectivity index (χ4v) is 7.21. The van der Waals surface area contributed by atoms with Gasteiger partial charge >= 0.3 is 0 Å². The first kappa shape index (κ1) is 24.6. The van der Waals surface area contributed by atoms with Crippen molar-refractivity contribution in [3.05, 3.63) is 89.7 Å². The molecule has 0 aromatic heterocycles. The second kappa shape index (κ2) is 10.5. The van der Waals surface area contributed by atoms with E-state index < -0.39 is 10.0 Å². The molecule has 36 heavy (non-hydrogen) atoms. The van der Waals surface area contributed by atoms with Gasteiger partial charge in [0, 0.05) is 38.8 Å². The summed E-state index contributed by atoms with van der Waals surface area (Å²) in [4.78, 5) is 4.55. The number of benzene rings is 3. The Balaban J connectivity index is 1.33. The van der Waals surface area contributed by atoms with E-state index in [1.165, 1.54) is 12.1 Å². The van der Waals surface area contributed by atoms with Gasteiger partial charge in [-0.2, -0.15) is 0 Å². The molecular weight excluding hydrogens is 477 g/mol. The summed E-state index contributed by atoms with van der Waals surface area (Å²) in [6, 6.07) is 21.8. The first-order valence-corrected chi connectivity index (χ1v) is 14.0. The molecule has 0 amide bonds. The fraction of sp³-hybridized carbons (Fsp3) is 0.357. The molecule has 2 aliphatic rings. The van der Waals surface area contributed by atoms with E-state index in [0.29, 0.717) is 12.3 Å². The van der Waals surface area contributed by atoms with Crippen molar-refractivity contribution in [2.45, 2.75) is 24.6 Å². The lowest BCUT2D eigenvalue weighted by atomic mass is 9.97. The van der Waals surface area contributed by atoms with Crippen molar-refractivity contribution in [1.29, 1.82) is 0 Å². The Morgan fingerprint density at radius 2 is 1.64 bits per heavy atom. The highest BCUT2D eigenvalue weighted by Crippen LogP contribution is 2.35. The number of fused-ring (bicyclic) bond motifs is 1. The lowest BCUT2D eigenvalue weighted by Crippen LogP contribution is -2.54. The largest absolute Gasteiger partial charge is 0.494 e. The van der Waals surface area contributed by atoms with Gasteiger partial charge in [0.15, 0.2) is 0 Å². The van der Waals surface area contributed by atoms with Crippen LogP contribution in [-0.2, 0) is 22.2 Å². The third-order valence-electron chi connectivity index (χ3n) is 7.12. The zero-order chi connectivity index (χ0) is 25.1. The van der Waals surface area contributed by atoms with Gasteiger partial charge in [0.25, 0.3) is 0 Å². The zero-order valence-electron chi connectivity index (χ0n) is 20.5. The molecule has 0 aliphatic carbocycles. The summed E-state index contributed by atoms with van der Waals surface area (Å²) in [6.45, 7) is 3.80. The van der Waals surface area contributed by atoms with Gasteiger partial charge in [0.1, 0.15) is 11.6 Å². The molecule has 0 N–H and O–H groups in total. The van der Waals surface area contributed by atoms with Crippen LogP contribution in [0.3, 0.4) is 0 Å². The summed E-state index contributed by atoms with van der Waals surface area (Å²) in [6.07, 6.45) is 1.65. The van der Waals surface area contributed by atoms with Crippen molar-refractivity contribution >= 4 is 21.4 Å². The van der Waals surface area contributed by atoms with E-state index in [4.69, 9.17) is 4.74 Å². The average Bonchev–Trinajstić information content (AvgIpc) is 2.89. The Hall–Kier alpha value is -3.10. The molecule has 3 aromatic carbocycles. The molecule has 1 atom stereocenters. The van der Waals surface area contributed by atoms with Gasteiger partial charge in [-0.3, -0.25) is 9.21 Å². The highest BCUT2D eigenvalue weighted by Gasteiger charge is 2.36. The van der Waals surface area contributed by atoms with Crippen LogP contribution >= 0.6 is 0 Å². The van der Waals surface area contributed by atoms with E-state index in [2.05, 4.69) is 9.80 Å². The van der Waals surface area contributed by atoms with Crippen LogP contribution in [0.25, 0.3) is 0 Å². The summed E-state index contributed by atoms with van der Waals surface area (Å²) in [5, 5.41) is 0. The highest BCUT2D eigenvalue weighted by atomic mass is 32.2. The van der Waals surface area contributed by atoms with Crippen LogP contribution in [0.5, 0.6) is 5.75 Å². The molecule has 1 fully saturated rings. The molecule has 5 rings (SSSR count). The predicted octanol–water partition coefficient (Wildman–Crippen LogP) is 4.31. The third-order valence-corrected chi connectivity index (χ3v) is 8.92. The van der Waals surface area contributed by atoms with Gasteiger partial charge in [-0.1, -0.05) is 48.5 Å². The summed E-state index contributed by atoms with van der Waals surface area (Å²) in [5.41, 5.74) is 3.57. The molecule has 0 bridgehead atoms. The number of methoxy groups -OCH3 is 1. The Morgan fingerprint density at radius 1 is 0.917 bits per heavy atom. The maximum absolute atomic E-state index is 13.8. The maximum Gasteiger partial charge on any atom is 0.239 e. The first-order chi connectivity index (χ1) is 17.4. The molecule has 1 saturated heterocycles. The number of hydrogen-bond acceptors (Lipinski definition) is 5. The van der Waals surface area contributed by atoms with E-state index in [0.717, 1.165) is 61.5 Å². The van der Waals surface area contributed by atoms with Crippen molar-refractivity contribution in [3.63, 3.8) is 0 Å². The Labute approximate surface area is 213 Å². The van der Waals surface area contributed by atoms with E-state index in [1.807, 2.05) is 54.6 Å². The lowest BCUT2D eigenvalue weighted by Gasteiger charge is -2.43. The third kappa shape index (κ3) is 5.20. The molecule has 3 aromatic rings. The number of halogens is 1. The number of anilines is 2. The van der Waals surface area contributed by atoms with E-state index >= 15 is 0 Å². The second-order valence-electron chi connectivity index (χ2n) is 9.46. The van der Waals surface area contributed by atoms with Crippen LogP contribution in [0.4, 0.5) is 15.8 Å². The molecule has 2 heterocycles. The number of ether oxygens (including phenoxy) is 1. The van der Waals surface area contributed by atoms with Crippen LogP contribution in [0.15, 0.2) is 72.8 Å². The number of hydrogen-bond donors (Lipinski definition) is 0.